The van der Waals surface area contributed by atoms with E-state index in [1.807, 2.05) is 54.6 Å². The summed E-state index contributed by atoms with van der Waals surface area (Å²) in [6.07, 6.45) is 5.78. The third kappa shape index (κ3) is 4.98. The molecule has 154 valence electrons. The summed E-state index contributed by atoms with van der Waals surface area (Å²) in [7, 11) is 0. The zero-order valence-corrected chi connectivity index (χ0v) is 17.0. The SMILES string of the molecule is O=C(CNc1ccc(C(=O)NC2CCCCC2)cc1)Nc1cccc2ccccc12. The normalized spacial score (nSPS) is 14.3. The Morgan fingerprint density at radius 1 is 0.833 bits per heavy atom. The maximum absolute atomic E-state index is 12.4. The van der Waals surface area contributed by atoms with Crippen molar-refractivity contribution < 1.29 is 9.59 Å². The van der Waals surface area contributed by atoms with Gasteiger partial charge in [0.2, 0.25) is 5.91 Å². The lowest BCUT2D eigenvalue weighted by molar-refractivity contribution is -0.114. The first-order valence-corrected chi connectivity index (χ1v) is 10.6. The van der Waals surface area contributed by atoms with E-state index in [1.165, 1.54) is 19.3 Å². The van der Waals surface area contributed by atoms with Gasteiger partial charge in [-0.05, 0) is 48.6 Å². The van der Waals surface area contributed by atoms with Gasteiger partial charge in [0.1, 0.15) is 0 Å². The molecule has 0 saturated heterocycles. The second kappa shape index (κ2) is 9.44. The number of carbonyl (C=O) groups is 2. The first-order chi connectivity index (χ1) is 14.7. The molecule has 0 spiro atoms. The van der Waals surface area contributed by atoms with Crippen LogP contribution >= 0.6 is 0 Å². The number of hydrogen-bond donors (Lipinski definition) is 3. The van der Waals surface area contributed by atoms with Crippen molar-refractivity contribution in [2.75, 3.05) is 17.2 Å². The molecular weight excluding hydrogens is 374 g/mol. The molecule has 1 aliphatic rings. The predicted molar refractivity (Wildman–Crippen MR) is 122 cm³/mol. The van der Waals surface area contributed by atoms with Gasteiger partial charge in [-0.15, -0.1) is 0 Å². The molecule has 0 aliphatic heterocycles. The quantitative estimate of drug-likeness (QED) is 0.547. The average molecular weight is 402 g/mol. The molecule has 1 saturated carbocycles. The molecule has 0 radical (unpaired) electrons. The van der Waals surface area contributed by atoms with Gasteiger partial charge in [-0.2, -0.15) is 0 Å². The second-order valence-electron chi connectivity index (χ2n) is 7.81. The number of rotatable bonds is 6. The summed E-state index contributed by atoms with van der Waals surface area (Å²) in [6, 6.07) is 21.4. The third-order valence-corrected chi connectivity index (χ3v) is 5.60. The molecule has 0 heterocycles. The van der Waals surface area contributed by atoms with Crippen molar-refractivity contribution in [3.63, 3.8) is 0 Å². The van der Waals surface area contributed by atoms with Crippen LogP contribution in [0.15, 0.2) is 66.7 Å². The topological polar surface area (TPSA) is 70.2 Å². The predicted octanol–water partition coefficient (Wildman–Crippen LogP) is 4.95. The van der Waals surface area contributed by atoms with Crippen LogP contribution in [0.4, 0.5) is 11.4 Å². The average Bonchev–Trinajstić information content (AvgIpc) is 2.79. The van der Waals surface area contributed by atoms with E-state index in [9.17, 15) is 9.59 Å². The minimum atomic E-state index is -0.120. The molecule has 3 aromatic carbocycles. The van der Waals surface area contributed by atoms with Crippen molar-refractivity contribution in [3.05, 3.63) is 72.3 Å². The van der Waals surface area contributed by atoms with Gasteiger partial charge >= 0.3 is 0 Å². The summed E-state index contributed by atoms with van der Waals surface area (Å²) in [5, 5.41) is 11.3. The third-order valence-electron chi connectivity index (χ3n) is 5.60. The summed E-state index contributed by atoms with van der Waals surface area (Å²) in [5.74, 6) is -0.146. The first kappa shape index (κ1) is 20.0. The van der Waals surface area contributed by atoms with E-state index in [1.54, 1.807) is 12.1 Å². The molecule has 3 N–H and O–H groups in total. The number of benzene rings is 3. The Hall–Kier alpha value is -3.34. The summed E-state index contributed by atoms with van der Waals surface area (Å²) in [6.45, 7) is 0.150. The Balaban J connectivity index is 1.30. The summed E-state index contributed by atoms with van der Waals surface area (Å²) >= 11 is 0. The largest absolute Gasteiger partial charge is 0.376 e. The summed E-state index contributed by atoms with van der Waals surface area (Å²) < 4.78 is 0. The highest BCUT2D eigenvalue weighted by molar-refractivity contribution is 6.03. The Morgan fingerprint density at radius 2 is 1.57 bits per heavy atom. The maximum atomic E-state index is 12.4. The molecule has 1 aliphatic carbocycles. The van der Waals surface area contributed by atoms with E-state index in [0.717, 1.165) is 35.0 Å². The number of nitrogens with one attached hydrogen (secondary N) is 3. The van der Waals surface area contributed by atoms with Crippen LogP contribution in [-0.4, -0.2) is 24.4 Å². The lowest BCUT2D eigenvalue weighted by Gasteiger charge is -2.22. The van der Waals surface area contributed by atoms with Crippen LogP contribution in [0.1, 0.15) is 42.5 Å². The number of carbonyl (C=O) groups excluding carboxylic acids is 2. The molecule has 4 rings (SSSR count). The fraction of sp³-hybridized carbons (Fsp3) is 0.280. The van der Waals surface area contributed by atoms with Crippen molar-refractivity contribution >= 4 is 34.0 Å². The minimum Gasteiger partial charge on any atom is -0.376 e. The summed E-state index contributed by atoms with van der Waals surface area (Å²) in [5.41, 5.74) is 2.25. The van der Waals surface area contributed by atoms with E-state index >= 15 is 0 Å². The van der Waals surface area contributed by atoms with Gasteiger partial charge < -0.3 is 16.0 Å². The van der Waals surface area contributed by atoms with Crippen LogP contribution in [0.3, 0.4) is 0 Å². The summed E-state index contributed by atoms with van der Waals surface area (Å²) in [4.78, 5) is 24.8. The lowest BCUT2D eigenvalue weighted by atomic mass is 9.95. The minimum absolute atomic E-state index is 0.0258. The van der Waals surface area contributed by atoms with Crippen molar-refractivity contribution in [1.29, 1.82) is 0 Å². The zero-order valence-electron chi connectivity index (χ0n) is 17.0. The Bertz CT molecular complexity index is 1020. The monoisotopic (exact) mass is 401 g/mol. The molecule has 0 atom stereocenters. The van der Waals surface area contributed by atoms with Crippen LogP contribution in [-0.2, 0) is 4.79 Å². The molecule has 30 heavy (non-hydrogen) atoms. The van der Waals surface area contributed by atoms with Gasteiger partial charge in [0.25, 0.3) is 5.91 Å². The van der Waals surface area contributed by atoms with Gasteiger partial charge in [-0.1, -0.05) is 55.7 Å². The van der Waals surface area contributed by atoms with Gasteiger partial charge in [0.05, 0.1) is 6.54 Å². The smallest absolute Gasteiger partial charge is 0.251 e. The molecule has 5 heteroatoms. The number of amides is 2. The molecule has 1 fully saturated rings. The van der Waals surface area contributed by atoms with Crippen molar-refractivity contribution in [1.82, 2.24) is 5.32 Å². The van der Waals surface area contributed by atoms with Crippen LogP contribution in [0.2, 0.25) is 0 Å². The molecule has 0 bridgehead atoms. The highest BCUT2D eigenvalue weighted by Crippen LogP contribution is 2.23. The van der Waals surface area contributed by atoms with Crippen LogP contribution < -0.4 is 16.0 Å². The van der Waals surface area contributed by atoms with E-state index in [0.29, 0.717) is 11.6 Å². The number of anilines is 2. The van der Waals surface area contributed by atoms with E-state index in [-0.39, 0.29) is 18.4 Å². The van der Waals surface area contributed by atoms with Crippen LogP contribution in [0.5, 0.6) is 0 Å². The van der Waals surface area contributed by atoms with E-state index < -0.39 is 0 Å². The number of hydrogen-bond acceptors (Lipinski definition) is 3. The fourth-order valence-electron chi connectivity index (χ4n) is 3.97. The highest BCUT2D eigenvalue weighted by atomic mass is 16.2. The number of fused-ring (bicyclic) bond motifs is 1. The van der Waals surface area contributed by atoms with Gasteiger partial charge in [-0.3, -0.25) is 9.59 Å². The Kier molecular flexibility index (Phi) is 6.28. The lowest BCUT2D eigenvalue weighted by Crippen LogP contribution is -2.36. The molecular formula is C25H27N3O2. The van der Waals surface area contributed by atoms with Crippen molar-refractivity contribution in [2.45, 2.75) is 38.1 Å². The van der Waals surface area contributed by atoms with Crippen molar-refractivity contribution in [2.24, 2.45) is 0 Å². The standard InChI is InChI=1S/C25H27N3O2/c29-24(28-23-12-6-8-18-7-4-5-11-22(18)23)17-26-20-15-13-19(14-16-20)25(30)27-21-9-2-1-3-10-21/h4-8,11-16,21,26H,1-3,9-10,17H2,(H,27,30)(H,28,29). The fourth-order valence-corrected chi connectivity index (χ4v) is 3.97. The highest BCUT2D eigenvalue weighted by Gasteiger charge is 2.16. The maximum Gasteiger partial charge on any atom is 0.251 e. The van der Waals surface area contributed by atoms with Crippen molar-refractivity contribution in [3.8, 4) is 0 Å². The molecule has 3 aromatic rings. The second-order valence-corrected chi connectivity index (χ2v) is 7.81. The van der Waals surface area contributed by atoms with E-state index in [4.69, 9.17) is 0 Å². The van der Waals surface area contributed by atoms with E-state index in [2.05, 4.69) is 16.0 Å². The Labute approximate surface area is 176 Å². The van der Waals surface area contributed by atoms with Crippen LogP contribution in [0.25, 0.3) is 10.8 Å². The first-order valence-electron chi connectivity index (χ1n) is 10.6. The molecule has 5 nitrogen and oxygen atoms in total. The molecule has 0 unspecified atom stereocenters. The van der Waals surface area contributed by atoms with Crippen LogP contribution in [0, 0.1) is 0 Å². The van der Waals surface area contributed by atoms with Gasteiger partial charge in [0, 0.05) is 28.4 Å². The molecule has 0 aromatic heterocycles. The molecule has 2 amide bonds. The Morgan fingerprint density at radius 3 is 2.37 bits per heavy atom. The van der Waals surface area contributed by atoms with Gasteiger partial charge in [-0.25, -0.2) is 0 Å². The van der Waals surface area contributed by atoms with Gasteiger partial charge in [0.15, 0.2) is 0 Å². The zero-order chi connectivity index (χ0) is 20.8.